The maximum atomic E-state index is 14.1. The van der Waals surface area contributed by atoms with E-state index in [1.165, 1.54) is 12.1 Å². The Morgan fingerprint density at radius 3 is 2.53 bits per heavy atom. The molecule has 0 aliphatic carbocycles. The number of benzene rings is 1. The molecule has 4 heteroatoms. The van der Waals surface area contributed by atoms with Gasteiger partial charge in [0.1, 0.15) is 11.5 Å². The summed E-state index contributed by atoms with van der Waals surface area (Å²) >= 11 is 0. The second-order valence-corrected chi connectivity index (χ2v) is 4.67. The fraction of sp³-hybridized carbons (Fsp3) is 0.538. The van der Waals surface area contributed by atoms with E-state index < -0.39 is 5.67 Å². The van der Waals surface area contributed by atoms with Gasteiger partial charge in [0.05, 0.1) is 0 Å². The molecule has 2 nitrogen and oxygen atoms in total. The standard InChI is InChI=1S/C13H18F2N2/c14-11-2-4-12(5-3-11)17-8-1-6-13(15,10-16)7-9-17/h2-5H,1,6-10,16H2. The van der Waals surface area contributed by atoms with E-state index in [4.69, 9.17) is 5.73 Å². The highest BCUT2D eigenvalue weighted by atomic mass is 19.1. The van der Waals surface area contributed by atoms with Crippen molar-refractivity contribution in [3.8, 4) is 0 Å². The highest BCUT2D eigenvalue weighted by Crippen LogP contribution is 2.28. The average molecular weight is 240 g/mol. The minimum atomic E-state index is -1.23. The van der Waals surface area contributed by atoms with Crippen LogP contribution in [-0.2, 0) is 0 Å². The fourth-order valence-electron chi connectivity index (χ4n) is 2.27. The van der Waals surface area contributed by atoms with Gasteiger partial charge in [-0.15, -0.1) is 0 Å². The van der Waals surface area contributed by atoms with Crippen LogP contribution in [-0.4, -0.2) is 25.3 Å². The molecule has 1 aliphatic heterocycles. The zero-order chi connectivity index (χ0) is 12.3. The van der Waals surface area contributed by atoms with Crippen molar-refractivity contribution in [2.24, 2.45) is 5.73 Å². The molecule has 0 radical (unpaired) electrons. The first-order valence-electron chi connectivity index (χ1n) is 6.02. The predicted molar refractivity (Wildman–Crippen MR) is 65.4 cm³/mol. The normalized spacial score (nSPS) is 25.7. The van der Waals surface area contributed by atoms with Gasteiger partial charge in [-0.1, -0.05) is 0 Å². The Kier molecular flexibility index (Phi) is 3.62. The zero-order valence-corrected chi connectivity index (χ0v) is 9.83. The van der Waals surface area contributed by atoms with Crippen LogP contribution in [0, 0.1) is 5.82 Å². The van der Waals surface area contributed by atoms with E-state index in [1.54, 1.807) is 12.1 Å². The summed E-state index contributed by atoms with van der Waals surface area (Å²) in [7, 11) is 0. The lowest BCUT2D eigenvalue weighted by Gasteiger charge is -2.24. The molecule has 2 N–H and O–H groups in total. The van der Waals surface area contributed by atoms with Gasteiger partial charge in [0.25, 0.3) is 0 Å². The molecule has 0 saturated carbocycles. The number of rotatable bonds is 2. The third-order valence-corrected chi connectivity index (χ3v) is 3.44. The second-order valence-electron chi connectivity index (χ2n) is 4.67. The van der Waals surface area contributed by atoms with Crippen LogP contribution in [0.3, 0.4) is 0 Å². The highest BCUT2D eigenvalue weighted by Gasteiger charge is 2.30. The summed E-state index contributed by atoms with van der Waals surface area (Å²) in [5, 5.41) is 0. The third kappa shape index (κ3) is 2.94. The van der Waals surface area contributed by atoms with Crippen LogP contribution in [0.4, 0.5) is 14.5 Å². The molecule has 94 valence electrons. The lowest BCUT2D eigenvalue weighted by Crippen LogP contribution is -2.34. The SMILES string of the molecule is NCC1(F)CCCN(c2ccc(F)cc2)CC1. The number of alkyl halides is 1. The number of nitrogens with two attached hydrogens (primary N) is 1. The smallest absolute Gasteiger partial charge is 0.124 e. The molecule has 0 spiro atoms. The molecule has 1 saturated heterocycles. The Morgan fingerprint density at radius 1 is 1.18 bits per heavy atom. The quantitative estimate of drug-likeness (QED) is 0.860. The summed E-state index contributed by atoms with van der Waals surface area (Å²) in [6.07, 6.45) is 1.74. The molecule has 1 aromatic carbocycles. The molecule has 17 heavy (non-hydrogen) atoms. The van der Waals surface area contributed by atoms with Crippen molar-refractivity contribution >= 4 is 5.69 Å². The lowest BCUT2D eigenvalue weighted by atomic mass is 9.97. The minimum absolute atomic E-state index is 0.0876. The summed E-state index contributed by atoms with van der Waals surface area (Å²) in [5.74, 6) is -0.245. The van der Waals surface area contributed by atoms with Gasteiger partial charge in [0.2, 0.25) is 0 Å². The van der Waals surface area contributed by atoms with Crippen LogP contribution < -0.4 is 10.6 Å². The molecule has 1 heterocycles. The summed E-state index contributed by atoms with van der Waals surface area (Å²) in [6, 6.07) is 6.35. The van der Waals surface area contributed by atoms with Crippen LogP contribution in [0.5, 0.6) is 0 Å². The molecule has 1 fully saturated rings. The Morgan fingerprint density at radius 2 is 1.88 bits per heavy atom. The highest BCUT2D eigenvalue weighted by molar-refractivity contribution is 5.46. The van der Waals surface area contributed by atoms with E-state index in [9.17, 15) is 8.78 Å². The fourth-order valence-corrected chi connectivity index (χ4v) is 2.27. The minimum Gasteiger partial charge on any atom is -0.371 e. The van der Waals surface area contributed by atoms with E-state index in [0.717, 1.165) is 18.7 Å². The van der Waals surface area contributed by atoms with Gasteiger partial charge in [-0.25, -0.2) is 8.78 Å². The first-order valence-corrected chi connectivity index (χ1v) is 6.02. The van der Waals surface area contributed by atoms with E-state index in [2.05, 4.69) is 4.90 Å². The lowest BCUT2D eigenvalue weighted by molar-refractivity contribution is 0.155. The molecule has 0 amide bonds. The number of halogens is 2. The first-order chi connectivity index (χ1) is 8.13. The maximum Gasteiger partial charge on any atom is 0.124 e. The molecule has 1 aliphatic rings. The molecule has 1 aromatic rings. The summed E-state index contributed by atoms with van der Waals surface area (Å²) in [6.45, 7) is 1.53. The first kappa shape index (κ1) is 12.3. The Bertz CT molecular complexity index is 366. The Labute approximate surface area is 100 Å². The van der Waals surface area contributed by atoms with Gasteiger partial charge in [-0.3, -0.25) is 0 Å². The number of anilines is 1. The summed E-state index contributed by atoms with van der Waals surface area (Å²) in [4.78, 5) is 2.09. The van der Waals surface area contributed by atoms with Crippen LogP contribution in [0.15, 0.2) is 24.3 Å². The van der Waals surface area contributed by atoms with Crippen molar-refractivity contribution in [1.82, 2.24) is 0 Å². The molecule has 0 bridgehead atoms. The molecule has 1 unspecified atom stereocenters. The van der Waals surface area contributed by atoms with E-state index in [-0.39, 0.29) is 12.4 Å². The molecule has 1 atom stereocenters. The van der Waals surface area contributed by atoms with Gasteiger partial charge >= 0.3 is 0 Å². The van der Waals surface area contributed by atoms with E-state index in [0.29, 0.717) is 19.4 Å². The van der Waals surface area contributed by atoms with Gasteiger partial charge in [0, 0.05) is 31.7 Å². The van der Waals surface area contributed by atoms with Crippen molar-refractivity contribution in [2.75, 3.05) is 24.5 Å². The zero-order valence-electron chi connectivity index (χ0n) is 9.83. The van der Waals surface area contributed by atoms with Gasteiger partial charge in [0.15, 0.2) is 0 Å². The van der Waals surface area contributed by atoms with Crippen molar-refractivity contribution < 1.29 is 8.78 Å². The number of nitrogens with zero attached hydrogens (tertiary/aromatic N) is 1. The number of hydrogen-bond donors (Lipinski definition) is 1. The monoisotopic (exact) mass is 240 g/mol. The second kappa shape index (κ2) is 5.00. The van der Waals surface area contributed by atoms with E-state index in [1.807, 2.05) is 0 Å². The van der Waals surface area contributed by atoms with Crippen molar-refractivity contribution in [1.29, 1.82) is 0 Å². The predicted octanol–water partition coefficient (Wildman–Crippen LogP) is 2.48. The number of hydrogen-bond acceptors (Lipinski definition) is 2. The molecule has 0 aromatic heterocycles. The van der Waals surface area contributed by atoms with E-state index >= 15 is 0 Å². The Balaban J connectivity index is 2.06. The molecule has 2 rings (SSSR count). The molecular weight excluding hydrogens is 222 g/mol. The third-order valence-electron chi connectivity index (χ3n) is 3.44. The van der Waals surface area contributed by atoms with Crippen LogP contribution in [0.25, 0.3) is 0 Å². The van der Waals surface area contributed by atoms with Gasteiger partial charge < -0.3 is 10.6 Å². The Hall–Kier alpha value is -1.16. The van der Waals surface area contributed by atoms with Crippen molar-refractivity contribution in [2.45, 2.75) is 24.9 Å². The van der Waals surface area contributed by atoms with Crippen molar-refractivity contribution in [3.05, 3.63) is 30.1 Å². The summed E-state index contributed by atoms with van der Waals surface area (Å²) < 4.78 is 26.9. The van der Waals surface area contributed by atoms with Crippen LogP contribution in [0.1, 0.15) is 19.3 Å². The van der Waals surface area contributed by atoms with Crippen molar-refractivity contribution in [3.63, 3.8) is 0 Å². The largest absolute Gasteiger partial charge is 0.371 e. The molecular formula is C13H18F2N2. The van der Waals surface area contributed by atoms with Crippen LogP contribution in [0.2, 0.25) is 0 Å². The summed E-state index contributed by atoms with van der Waals surface area (Å²) in [5.41, 5.74) is 5.19. The average Bonchev–Trinajstić information content (AvgIpc) is 2.53. The van der Waals surface area contributed by atoms with Gasteiger partial charge in [-0.2, -0.15) is 0 Å². The van der Waals surface area contributed by atoms with Crippen LogP contribution >= 0.6 is 0 Å². The maximum absolute atomic E-state index is 14.1. The topological polar surface area (TPSA) is 29.3 Å². The van der Waals surface area contributed by atoms with Gasteiger partial charge in [-0.05, 0) is 37.1 Å².